The minimum absolute atomic E-state index is 0.257. The second-order valence-corrected chi connectivity index (χ2v) is 7.14. The highest BCUT2D eigenvalue weighted by molar-refractivity contribution is 5.91. The molecule has 5 heteroatoms. The molecular weight excluding hydrogens is 292 g/mol. The van der Waals surface area contributed by atoms with Crippen LogP contribution in [0.2, 0.25) is 0 Å². The summed E-state index contributed by atoms with van der Waals surface area (Å²) < 4.78 is 11.4. The number of carbonyl (C=O) groups excluding carboxylic acids is 1. The lowest BCUT2D eigenvalue weighted by Gasteiger charge is -2.27. The van der Waals surface area contributed by atoms with Crippen LogP contribution >= 0.6 is 0 Å². The van der Waals surface area contributed by atoms with Crippen LogP contribution in [-0.2, 0) is 4.74 Å². The Balaban J connectivity index is 2.11. The quantitative estimate of drug-likeness (QED) is 0.841. The predicted octanol–water partition coefficient (Wildman–Crippen LogP) is 4.35. The molecule has 0 radical (unpaired) electrons. The molecule has 2 rings (SSSR count). The highest BCUT2D eigenvalue weighted by atomic mass is 16.6. The number of anilines is 2. The van der Waals surface area contributed by atoms with Crippen molar-refractivity contribution in [1.29, 1.82) is 0 Å². The molecule has 0 saturated heterocycles. The molecule has 0 spiro atoms. The van der Waals surface area contributed by atoms with Crippen molar-refractivity contribution in [3.63, 3.8) is 0 Å². The van der Waals surface area contributed by atoms with Gasteiger partial charge in [-0.25, -0.2) is 4.79 Å². The van der Waals surface area contributed by atoms with Gasteiger partial charge in [0.2, 0.25) is 0 Å². The van der Waals surface area contributed by atoms with E-state index in [1.807, 2.05) is 32.9 Å². The van der Waals surface area contributed by atoms with Crippen LogP contribution in [0.5, 0.6) is 5.75 Å². The molecule has 128 valence electrons. The molecule has 0 heterocycles. The fourth-order valence-corrected chi connectivity index (χ4v) is 2.69. The van der Waals surface area contributed by atoms with Crippen molar-refractivity contribution >= 4 is 17.5 Å². The summed E-state index contributed by atoms with van der Waals surface area (Å²) in [5.74, 6) is 0.747. The molecule has 1 aromatic carbocycles. The largest absolute Gasteiger partial charge is 0.490 e. The molecule has 1 amide bonds. The Hall–Kier alpha value is -1.91. The standard InChI is InChI=1S/C18H28N2O3/c1-18(2,3)23-17(21)20(4)16-12-14(10-11-15(16)19)22-13-8-6-5-7-9-13/h10-13H,5-9,19H2,1-4H3. The van der Waals surface area contributed by atoms with E-state index in [9.17, 15) is 4.79 Å². The van der Waals surface area contributed by atoms with Crippen molar-refractivity contribution < 1.29 is 14.3 Å². The van der Waals surface area contributed by atoms with Gasteiger partial charge >= 0.3 is 6.09 Å². The van der Waals surface area contributed by atoms with E-state index in [1.54, 1.807) is 13.1 Å². The van der Waals surface area contributed by atoms with Gasteiger partial charge in [-0.15, -0.1) is 0 Å². The molecule has 23 heavy (non-hydrogen) atoms. The van der Waals surface area contributed by atoms with E-state index < -0.39 is 11.7 Å². The third kappa shape index (κ3) is 5.05. The molecule has 5 nitrogen and oxygen atoms in total. The Morgan fingerprint density at radius 1 is 1.22 bits per heavy atom. The summed E-state index contributed by atoms with van der Waals surface area (Å²) in [6.07, 6.45) is 5.71. The van der Waals surface area contributed by atoms with Crippen molar-refractivity contribution in [2.75, 3.05) is 17.7 Å². The van der Waals surface area contributed by atoms with Crippen LogP contribution in [0.4, 0.5) is 16.2 Å². The van der Waals surface area contributed by atoms with Crippen LogP contribution in [0.15, 0.2) is 18.2 Å². The smallest absolute Gasteiger partial charge is 0.414 e. The number of hydrogen-bond acceptors (Lipinski definition) is 4. The minimum atomic E-state index is -0.545. The first kappa shape index (κ1) is 17.4. The van der Waals surface area contributed by atoms with Gasteiger partial charge in [0.1, 0.15) is 11.4 Å². The number of amides is 1. The van der Waals surface area contributed by atoms with Crippen molar-refractivity contribution in [1.82, 2.24) is 0 Å². The maximum Gasteiger partial charge on any atom is 0.414 e. The SMILES string of the molecule is CN(C(=O)OC(C)(C)C)c1cc(OC2CCCCC2)ccc1N. The van der Waals surface area contributed by atoms with Crippen LogP contribution in [0.1, 0.15) is 52.9 Å². The van der Waals surface area contributed by atoms with Crippen LogP contribution < -0.4 is 15.4 Å². The number of nitrogens with two attached hydrogens (primary N) is 1. The van der Waals surface area contributed by atoms with Crippen LogP contribution in [0.3, 0.4) is 0 Å². The number of nitrogen functional groups attached to an aromatic ring is 1. The van der Waals surface area contributed by atoms with Gasteiger partial charge in [0.05, 0.1) is 17.5 Å². The average molecular weight is 320 g/mol. The molecule has 0 bridgehead atoms. The summed E-state index contributed by atoms with van der Waals surface area (Å²) in [5.41, 5.74) is 6.60. The normalized spacial score (nSPS) is 16.0. The molecule has 1 fully saturated rings. The summed E-state index contributed by atoms with van der Waals surface area (Å²) in [4.78, 5) is 13.6. The Labute approximate surface area is 138 Å². The second kappa shape index (κ2) is 7.11. The molecular formula is C18H28N2O3. The van der Waals surface area contributed by atoms with Crippen LogP contribution in [-0.4, -0.2) is 24.8 Å². The van der Waals surface area contributed by atoms with Gasteiger partial charge < -0.3 is 15.2 Å². The van der Waals surface area contributed by atoms with Gasteiger partial charge in [0, 0.05) is 13.1 Å². The first-order valence-electron chi connectivity index (χ1n) is 8.29. The van der Waals surface area contributed by atoms with Crippen molar-refractivity contribution in [3.05, 3.63) is 18.2 Å². The first-order valence-corrected chi connectivity index (χ1v) is 8.29. The van der Waals surface area contributed by atoms with Crippen LogP contribution in [0, 0.1) is 0 Å². The molecule has 0 unspecified atom stereocenters. The minimum Gasteiger partial charge on any atom is -0.490 e. The van der Waals surface area contributed by atoms with E-state index in [1.165, 1.54) is 24.2 Å². The van der Waals surface area contributed by atoms with Crippen molar-refractivity contribution in [2.45, 2.75) is 64.6 Å². The fourth-order valence-electron chi connectivity index (χ4n) is 2.69. The summed E-state index contributed by atoms with van der Waals surface area (Å²) in [6.45, 7) is 5.51. The van der Waals surface area contributed by atoms with Crippen molar-refractivity contribution in [3.8, 4) is 5.75 Å². The third-order valence-electron chi connectivity index (χ3n) is 3.89. The Morgan fingerprint density at radius 2 is 1.87 bits per heavy atom. The van der Waals surface area contributed by atoms with Crippen LogP contribution in [0.25, 0.3) is 0 Å². The zero-order chi connectivity index (χ0) is 17.0. The fraction of sp³-hybridized carbons (Fsp3) is 0.611. The average Bonchev–Trinajstić information content (AvgIpc) is 2.48. The second-order valence-electron chi connectivity index (χ2n) is 7.14. The van der Waals surface area contributed by atoms with Gasteiger partial charge in [-0.3, -0.25) is 4.90 Å². The van der Waals surface area contributed by atoms with Gasteiger partial charge in [0.25, 0.3) is 0 Å². The number of ether oxygens (including phenoxy) is 2. The van der Waals surface area contributed by atoms with E-state index in [0.717, 1.165) is 18.6 Å². The molecule has 1 aliphatic rings. The number of rotatable bonds is 3. The lowest BCUT2D eigenvalue weighted by atomic mass is 9.98. The number of hydrogen-bond donors (Lipinski definition) is 1. The molecule has 1 saturated carbocycles. The van der Waals surface area contributed by atoms with E-state index in [4.69, 9.17) is 15.2 Å². The summed E-state index contributed by atoms with van der Waals surface area (Å²) in [6, 6.07) is 5.44. The molecule has 2 N–H and O–H groups in total. The monoisotopic (exact) mass is 320 g/mol. The Bertz CT molecular complexity index is 546. The number of benzene rings is 1. The summed E-state index contributed by atoms with van der Waals surface area (Å²) in [7, 11) is 1.66. The Kier molecular flexibility index (Phi) is 5.39. The third-order valence-corrected chi connectivity index (χ3v) is 3.89. The van der Waals surface area contributed by atoms with Gasteiger partial charge in [-0.05, 0) is 58.6 Å². The zero-order valence-corrected chi connectivity index (χ0v) is 14.6. The number of nitrogens with zero attached hydrogens (tertiary/aromatic N) is 1. The molecule has 0 atom stereocenters. The maximum absolute atomic E-state index is 12.2. The van der Waals surface area contributed by atoms with E-state index in [2.05, 4.69) is 0 Å². The molecule has 1 aromatic rings. The first-order chi connectivity index (χ1) is 10.8. The highest BCUT2D eigenvalue weighted by Crippen LogP contribution is 2.31. The molecule has 0 aromatic heterocycles. The molecule has 0 aliphatic heterocycles. The molecule has 1 aliphatic carbocycles. The summed E-state index contributed by atoms with van der Waals surface area (Å²) >= 11 is 0. The van der Waals surface area contributed by atoms with E-state index in [0.29, 0.717) is 11.4 Å². The van der Waals surface area contributed by atoms with Gasteiger partial charge in [-0.2, -0.15) is 0 Å². The highest BCUT2D eigenvalue weighted by Gasteiger charge is 2.22. The van der Waals surface area contributed by atoms with E-state index in [-0.39, 0.29) is 6.10 Å². The predicted molar refractivity (Wildman–Crippen MR) is 93.0 cm³/mol. The zero-order valence-electron chi connectivity index (χ0n) is 14.6. The van der Waals surface area contributed by atoms with Gasteiger partial charge in [0.15, 0.2) is 0 Å². The lowest BCUT2D eigenvalue weighted by molar-refractivity contribution is 0.0589. The number of carbonyl (C=O) groups is 1. The van der Waals surface area contributed by atoms with Crippen molar-refractivity contribution in [2.24, 2.45) is 0 Å². The topological polar surface area (TPSA) is 64.8 Å². The summed E-state index contributed by atoms with van der Waals surface area (Å²) in [5, 5.41) is 0. The lowest BCUT2D eigenvalue weighted by Crippen LogP contribution is -2.34. The maximum atomic E-state index is 12.2. The Morgan fingerprint density at radius 3 is 2.48 bits per heavy atom. The van der Waals surface area contributed by atoms with Gasteiger partial charge in [-0.1, -0.05) is 6.42 Å². The van der Waals surface area contributed by atoms with E-state index >= 15 is 0 Å².